The zero-order valence-electron chi connectivity index (χ0n) is 41.6. The molecule has 0 amide bonds. The molecule has 0 aliphatic heterocycles. The van der Waals surface area contributed by atoms with E-state index in [1.807, 2.05) is 0 Å². The first-order valence-corrected chi connectivity index (χ1v) is 28.5. The Labute approximate surface area is 397 Å². The second-order valence-corrected chi connectivity index (χ2v) is 20.5. The van der Waals surface area contributed by atoms with Crippen LogP contribution >= 0.6 is 7.82 Å². The molecule has 1 aliphatic rings. The van der Waals surface area contributed by atoms with Gasteiger partial charge in [0.15, 0.2) is 0 Å². The molecular formula is C52H101O12P. The summed E-state index contributed by atoms with van der Waals surface area (Å²) in [6, 6.07) is 0. The molecule has 386 valence electrons. The first-order valence-electron chi connectivity index (χ1n) is 27.0. The summed E-state index contributed by atoms with van der Waals surface area (Å²) in [6.45, 7) is 4.30. The number of aliphatic hydroxyl groups excluding tert-OH is 5. The third-order valence-corrected chi connectivity index (χ3v) is 13.9. The number of rotatable bonds is 47. The van der Waals surface area contributed by atoms with Gasteiger partial charge in [0.2, 0.25) is 0 Å². The predicted octanol–water partition coefficient (Wildman–Crippen LogP) is 12.3. The molecule has 0 heterocycles. The summed E-state index contributed by atoms with van der Waals surface area (Å²) in [7, 11) is -5.02. The normalized spacial score (nSPS) is 21.5. The summed E-state index contributed by atoms with van der Waals surface area (Å²) in [5.41, 5.74) is 0. The van der Waals surface area contributed by atoms with Crippen molar-refractivity contribution in [1.29, 1.82) is 0 Å². The molecule has 6 unspecified atom stereocenters. The van der Waals surface area contributed by atoms with Gasteiger partial charge in [0.05, 0.1) is 13.2 Å². The number of hydrogen-bond donors (Lipinski definition) is 6. The topological polar surface area (TPSA) is 192 Å². The Hall–Kier alpha value is -0.920. The van der Waals surface area contributed by atoms with Crippen molar-refractivity contribution < 1.29 is 58.3 Å². The van der Waals surface area contributed by atoms with Gasteiger partial charge in [-0.1, -0.05) is 219 Å². The molecule has 12 nitrogen and oxygen atoms in total. The van der Waals surface area contributed by atoms with Crippen molar-refractivity contribution >= 4 is 13.8 Å². The lowest BCUT2D eigenvalue weighted by atomic mass is 9.85. The van der Waals surface area contributed by atoms with E-state index in [-0.39, 0.29) is 13.0 Å². The Morgan fingerprint density at radius 2 is 0.815 bits per heavy atom. The van der Waals surface area contributed by atoms with E-state index in [0.717, 1.165) is 38.5 Å². The summed E-state index contributed by atoms with van der Waals surface area (Å²) in [5.74, 6) is -0.471. The molecule has 65 heavy (non-hydrogen) atoms. The van der Waals surface area contributed by atoms with Crippen LogP contribution in [-0.2, 0) is 27.9 Å². The SMILES string of the molecule is CCCCCCCC/C=C\CCCCCCCCCCOCC(COP(=O)(O)OC1C(O)C(O)C(O)C(O)C1O)OC(=O)CCCCCCCCCCCCCCCCCCCCCC. The van der Waals surface area contributed by atoms with Crippen LogP contribution in [-0.4, -0.2) is 98.9 Å². The lowest BCUT2D eigenvalue weighted by molar-refractivity contribution is -0.220. The molecule has 0 bridgehead atoms. The van der Waals surface area contributed by atoms with Crippen LogP contribution in [0.25, 0.3) is 0 Å². The van der Waals surface area contributed by atoms with Gasteiger partial charge in [0.1, 0.15) is 42.7 Å². The maximum Gasteiger partial charge on any atom is 0.472 e. The van der Waals surface area contributed by atoms with Crippen molar-refractivity contribution in [2.45, 2.75) is 294 Å². The Bertz CT molecular complexity index is 1130. The third kappa shape index (κ3) is 34.9. The number of phosphoric ester groups is 1. The van der Waals surface area contributed by atoms with E-state index in [4.69, 9.17) is 18.5 Å². The van der Waals surface area contributed by atoms with E-state index in [9.17, 15) is 39.8 Å². The highest BCUT2D eigenvalue weighted by Gasteiger charge is 2.51. The van der Waals surface area contributed by atoms with Crippen molar-refractivity contribution in [1.82, 2.24) is 0 Å². The minimum absolute atomic E-state index is 0.0727. The predicted molar refractivity (Wildman–Crippen MR) is 263 cm³/mol. The van der Waals surface area contributed by atoms with Crippen LogP contribution in [0, 0.1) is 0 Å². The number of ether oxygens (including phenoxy) is 2. The van der Waals surface area contributed by atoms with E-state index in [0.29, 0.717) is 13.0 Å². The number of carbonyl (C=O) groups excluding carboxylic acids is 1. The monoisotopic (exact) mass is 949 g/mol. The summed E-state index contributed by atoms with van der Waals surface area (Å²) in [5, 5.41) is 50.3. The lowest BCUT2D eigenvalue weighted by Crippen LogP contribution is -2.64. The number of esters is 1. The molecule has 1 saturated carbocycles. The van der Waals surface area contributed by atoms with Crippen LogP contribution in [0.5, 0.6) is 0 Å². The number of aliphatic hydroxyl groups is 5. The summed E-state index contributed by atoms with van der Waals surface area (Å²) in [4.78, 5) is 23.3. The van der Waals surface area contributed by atoms with Crippen molar-refractivity contribution in [2.24, 2.45) is 0 Å². The molecule has 1 aliphatic carbocycles. The molecule has 1 rings (SSSR count). The smallest absolute Gasteiger partial charge is 0.457 e. The van der Waals surface area contributed by atoms with Crippen LogP contribution in [0.2, 0.25) is 0 Å². The van der Waals surface area contributed by atoms with Gasteiger partial charge in [-0.15, -0.1) is 0 Å². The minimum Gasteiger partial charge on any atom is -0.457 e. The van der Waals surface area contributed by atoms with Gasteiger partial charge in [-0.25, -0.2) is 4.57 Å². The summed E-state index contributed by atoms with van der Waals surface area (Å²) >= 11 is 0. The second kappa shape index (κ2) is 43.1. The number of carbonyl (C=O) groups is 1. The average molecular weight is 949 g/mol. The quantitative estimate of drug-likeness (QED) is 0.0147. The number of allylic oxidation sites excluding steroid dienone is 2. The molecule has 13 heteroatoms. The molecule has 6 N–H and O–H groups in total. The lowest BCUT2D eigenvalue weighted by Gasteiger charge is -2.41. The largest absolute Gasteiger partial charge is 0.472 e. The molecule has 1 fully saturated rings. The molecule has 0 aromatic rings. The third-order valence-electron chi connectivity index (χ3n) is 12.9. The number of unbranched alkanes of at least 4 members (excludes halogenated alkanes) is 33. The first-order chi connectivity index (χ1) is 31.5. The van der Waals surface area contributed by atoms with Crippen LogP contribution < -0.4 is 0 Å². The highest BCUT2D eigenvalue weighted by Crippen LogP contribution is 2.47. The Kier molecular flexibility index (Phi) is 41.2. The summed E-state index contributed by atoms with van der Waals surface area (Å²) < 4.78 is 34.3. The average Bonchev–Trinajstić information content (AvgIpc) is 3.29. The van der Waals surface area contributed by atoms with Crippen LogP contribution in [0.4, 0.5) is 0 Å². The van der Waals surface area contributed by atoms with Crippen LogP contribution in [0.3, 0.4) is 0 Å². The van der Waals surface area contributed by atoms with E-state index in [1.165, 1.54) is 186 Å². The summed E-state index contributed by atoms with van der Waals surface area (Å²) in [6.07, 6.45) is 37.0. The van der Waals surface area contributed by atoms with Gasteiger partial charge in [-0.05, 0) is 38.5 Å². The Morgan fingerprint density at radius 3 is 1.22 bits per heavy atom. The molecule has 0 aromatic carbocycles. The standard InChI is InChI=1S/C52H101O12P/c1-3-5-7-9-11-13-15-17-19-21-23-24-25-27-29-31-33-35-37-39-41-46(53)63-45(44-62-65(59,60)64-52-50(57)48(55)47(54)49(56)51(52)58)43-61-42-40-38-36-34-32-30-28-26-22-20-18-16-14-12-10-8-6-4-2/h18,20,45,47-52,54-58H,3-17,19,21-44H2,1-2H3,(H,59,60)/b20-18-. The molecule has 0 saturated heterocycles. The Morgan fingerprint density at radius 1 is 0.477 bits per heavy atom. The second-order valence-electron chi connectivity index (χ2n) is 19.1. The highest BCUT2D eigenvalue weighted by molar-refractivity contribution is 7.47. The maximum absolute atomic E-state index is 12.9. The highest BCUT2D eigenvalue weighted by atomic mass is 31.2. The van der Waals surface area contributed by atoms with Gasteiger partial charge in [0, 0.05) is 13.0 Å². The first kappa shape index (κ1) is 62.1. The molecule has 0 aromatic heterocycles. The van der Waals surface area contributed by atoms with Crippen molar-refractivity contribution in [3.05, 3.63) is 12.2 Å². The van der Waals surface area contributed by atoms with E-state index < -0.39 is 63.1 Å². The molecule has 6 atom stereocenters. The van der Waals surface area contributed by atoms with Crippen LogP contribution in [0.1, 0.15) is 251 Å². The number of phosphoric acid groups is 1. The van der Waals surface area contributed by atoms with E-state index in [1.54, 1.807) is 0 Å². The van der Waals surface area contributed by atoms with Crippen molar-refractivity contribution in [3.63, 3.8) is 0 Å². The Balaban J connectivity index is 2.31. The van der Waals surface area contributed by atoms with Gasteiger partial charge >= 0.3 is 13.8 Å². The molecule has 0 radical (unpaired) electrons. The van der Waals surface area contributed by atoms with Crippen LogP contribution in [0.15, 0.2) is 12.2 Å². The van der Waals surface area contributed by atoms with E-state index >= 15 is 0 Å². The van der Waals surface area contributed by atoms with Crippen molar-refractivity contribution in [3.8, 4) is 0 Å². The van der Waals surface area contributed by atoms with Gasteiger partial charge in [0.25, 0.3) is 0 Å². The van der Waals surface area contributed by atoms with Crippen molar-refractivity contribution in [2.75, 3.05) is 19.8 Å². The maximum atomic E-state index is 12.9. The van der Waals surface area contributed by atoms with E-state index in [2.05, 4.69) is 26.0 Å². The van der Waals surface area contributed by atoms with Gasteiger partial charge in [-0.2, -0.15) is 0 Å². The zero-order valence-corrected chi connectivity index (χ0v) is 42.5. The zero-order chi connectivity index (χ0) is 47.6. The fourth-order valence-electron chi connectivity index (χ4n) is 8.59. The van der Waals surface area contributed by atoms with Gasteiger partial charge < -0.3 is 39.9 Å². The fourth-order valence-corrected chi connectivity index (χ4v) is 9.56. The fraction of sp³-hybridized carbons (Fsp3) is 0.942. The molecule has 0 spiro atoms. The number of hydrogen-bond acceptors (Lipinski definition) is 11. The van der Waals surface area contributed by atoms with Gasteiger partial charge in [-0.3, -0.25) is 13.8 Å². The minimum atomic E-state index is -5.02. The molecular weight excluding hydrogens is 848 g/mol.